The summed E-state index contributed by atoms with van der Waals surface area (Å²) in [7, 11) is 0. The number of amides is 2. The van der Waals surface area contributed by atoms with E-state index >= 15 is 0 Å². The van der Waals surface area contributed by atoms with Crippen LogP contribution in [0.2, 0.25) is 0 Å². The SMILES string of the molecule is O=C(Nc1ccc2c(c1)[C@@H]1C[C@H](CC(=O)N3CCOCC3)O[C@H](CO)[C@@H]1O2)C1CCC1. The number of nitrogens with zero attached hydrogens (tertiary/aromatic N) is 1. The van der Waals surface area contributed by atoms with Gasteiger partial charge in [-0.2, -0.15) is 0 Å². The monoisotopic (exact) mass is 430 g/mol. The minimum atomic E-state index is -0.485. The fourth-order valence-corrected chi connectivity index (χ4v) is 5.02. The van der Waals surface area contributed by atoms with Crippen molar-refractivity contribution in [2.24, 2.45) is 5.92 Å². The Morgan fingerprint density at radius 1 is 1.19 bits per heavy atom. The maximum Gasteiger partial charge on any atom is 0.227 e. The van der Waals surface area contributed by atoms with Gasteiger partial charge in [-0.25, -0.2) is 0 Å². The molecule has 3 fully saturated rings. The van der Waals surface area contributed by atoms with Crippen LogP contribution < -0.4 is 10.1 Å². The fraction of sp³-hybridized carbons (Fsp3) is 0.652. The minimum Gasteiger partial charge on any atom is -0.487 e. The third-order valence-electron chi connectivity index (χ3n) is 7.01. The lowest BCUT2D eigenvalue weighted by molar-refractivity contribution is -0.151. The Kier molecular flexibility index (Phi) is 5.86. The van der Waals surface area contributed by atoms with Crippen molar-refractivity contribution in [3.63, 3.8) is 0 Å². The molecule has 4 atom stereocenters. The maximum absolute atomic E-state index is 12.7. The number of morpholine rings is 1. The van der Waals surface area contributed by atoms with Gasteiger partial charge in [0, 0.05) is 36.2 Å². The van der Waals surface area contributed by atoms with Crippen molar-refractivity contribution in [1.29, 1.82) is 0 Å². The van der Waals surface area contributed by atoms with Crippen LogP contribution in [-0.4, -0.2) is 73.0 Å². The van der Waals surface area contributed by atoms with Crippen LogP contribution in [0.25, 0.3) is 0 Å². The van der Waals surface area contributed by atoms with Gasteiger partial charge >= 0.3 is 0 Å². The van der Waals surface area contributed by atoms with Gasteiger partial charge in [-0.1, -0.05) is 6.42 Å². The summed E-state index contributed by atoms with van der Waals surface area (Å²) in [5.74, 6) is 1.04. The highest BCUT2D eigenvalue weighted by molar-refractivity contribution is 5.93. The summed E-state index contributed by atoms with van der Waals surface area (Å²) in [5.41, 5.74) is 1.79. The van der Waals surface area contributed by atoms with E-state index in [1.54, 1.807) is 0 Å². The van der Waals surface area contributed by atoms with Crippen LogP contribution in [0.3, 0.4) is 0 Å². The van der Waals surface area contributed by atoms with Crippen LogP contribution in [0.1, 0.15) is 43.6 Å². The first-order valence-corrected chi connectivity index (χ1v) is 11.4. The molecule has 168 valence electrons. The number of carbonyl (C=O) groups excluding carboxylic acids is 2. The number of benzene rings is 1. The lowest BCUT2D eigenvalue weighted by Gasteiger charge is -2.38. The van der Waals surface area contributed by atoms with Crippen LogP contribution in [0.4, 0.5) is 5.69 Å². The van der Waals surface area contributed by atoms with Crippen LogP contribution in [0.5, 0.6) is 5.75 Å². The van der Waals surface area contributed by atoms with Crippen molar-refractivity contribution in [2.45, 2.75) is 56.3 Å². The number of hydrogen-bond donors (Lipinski definition) is 2. The van der Waals surface area contributed by atoms with Gasteiger partial charge < -0.3 is 29.5 Å². The number of rotatable bonds is 5. The van der Waals surface area contributed by atoms with Crippen LogP contribution in [-0.2, 0) is 19.1 Å². The Balaban J connectivity index is 1.29. The third-order valence-corrected chi connectivity index (χ3v) is 7.01. The van der Waals surface area contributed by atoms with Gasteiger partial charge in [0.1, 0.15) is 18.0 Å². The van der Waals surface area contributed by atoms with E-state index in [4.69, 9.17) is 14.2 Å². The highest BCUT2D eigenvalue weighted by Crippen LogP contribution is 2.47. The first-order valence-electron chi connectivity index (χ1n) is 11.4. The van der Waals surface area contributed by atoms with E-state index in [0.717, 1.165) is 36.3 Å². The second kappa shape index (κ2) is 8.76. The smallest absolute Gasteiger partial charge is 0.227 e. The standard InChI is InChI=1S/C23H30N2O6/c26-13-20-22-18(11-16(30-20)12-21(27)25-6-8-29-9-7-25)17-10-15(4-5-19(17)31-22)24-23(28)14-2-1-3-14/h4-5,10,14,16,18,20,22,26H,1-3,6-9,11-13H2,(H,24,28)/t16-,18+,20-,22-/m1/s1. The van der Waals surface area contributed by atoms with Crippen molar-refractivity contribution < 1.29 is 28.9 Å². The molecule has 3 heterocycles. The normalized spacial score (nSPS) is 30.0. The predicted octanol–water partition coefficient (Wildman–Crippen LogP) is 1.67. The van der Waals surface area contributed by atoms with E-state index in [9.17, 15) is 14.7 Å². The molecule has 3 aliphatic heterocycles. The number of ether oxygens (including phenoxy) is 3. The average Bonchev–Trinajstić information content (AvgIpc) is 3.10. The van der Waals surface area contributed by atoms with Crippen LogP contribution in [0.15, 0.2) is 18.2 Å². The van der Waals surface area contributed by atoms with Gasteiger partial charge in [-0.15, -0.1) is 0 Å². The first-order chi connectivity index (χ1) is 15.1. The molecule has 8 nitrogen and oxygen atoms in total. The number of anilines is 1. The minimum absolute atomic E-state index is 0.0175. The van der Waals surface area contributed by atoms with Crippen molar-refractivity contribution in [2.75, 3.05) is 38.2 Å². The van der Waals surface area contributed by atoms with Crippen molar-refractivity contribution in [1.82, 2.24) is 4.90 Å². The summed E-state index contributed by atoms with van der Waals surface area (Å²) in [6.07, 6.45) is 2.91. The molecule has 1 aromatic rings. The Morgan fingerprint density at radius 3 is 2.71 bits per heavy atom. The van der Waals surface area contributed by atoms with Crippen molar-refractivity contribution in [3.8, 4) is 5.75 Å². The first kappa shape index (κ1) is 20.7. The van der Waals surface area contributed by atoms with Crippen LogP contribution in [0, 0.1) is 5.92 Å². The molecule has 0 radical (unpaired) electrons. The number of fused-ring (bicyclic) bond motifs is 3. The molecule has 2 N–H and O–H groups in total. The van der Waals surface area contributed by atoms with E-state index in [0.29, 0.717) is 32.7 Å². The van der Waals surface area contributed by atoms with E-state index in [1.807, 2.05) is 23.1 Å². The predicted molar refractivity (Wildman–Crippen MR) is 112 cm³/mol. The van der Waals surface area contributed by atoms with E-state index in [1.165, 1.54) is 0 Å². The molecule has 1 aliphatic carbocycles. The zero-order chi connectivity index (χ0) is 21.4. The Hall–Kier alpha value is -2.16. The summed E-state index contributed by atoms with van der Waals surface area (Å²) in [6.45, 7) is 2.19. The number of aliphatic hydroxyl groups excluding tert-OH is 1. The highest BCUT2D eigenvalue weighted by Gasteiger charge is 2.46. The summed E-state index contributed by atoms with van der Waals surface area (Å²) >= 11 is 0. The van der Waals surface area contributed by atoms with Crippen LogP contribution >= 0.6 is 0 Å². The number of aliphatic hydroxyl groups is 1. The fourth-order valence-electron chi connectivity index (χ4n) is 5.02. The van der Waals surface area contributed by atoms with Crippen molar-refractivity contribution in [3.05, 3.63) is 23.8 Å². The molecule has 0 aromatic heterocycles. The molecular weight excluding hydrogens is 400 g/mol. The molecule has 0 unspecified atom stereocenters. The summed E-state index contributed by atoms with van der Waals surface area (Å²) < 4.78 is 17.5. The zero-order valence-corrected chi connectivity index (χ0v) is 17.6. The zero-order valence-electron chi connectivity index (χ0n) is 17.6. The highest BCUT2D eigenvalue weighted by atomic mass is 16.6. The van der Waals surface area contributed by atoms with E-state index in [2.05, 4.69) is 5.32 Å². The topological polar surface area (TPSA) is 97.3 Å². The van der Waals surface area contributed by atoms with E-state index in [-0.39, 0.29) is 48.9 Å². The Morgan fingerprint density at radius 2 is 2.00 bits per heavy atom. The van der Waals surface area contributed by atoms with Gasteiger partial charge in [-0.3, -0.25) is 9.59 Å². The van der Waals surface area contributed by atoms with Gasteiger partial charge in [0.05, 0.1) is 32.3 Å². The molecule has 1 aromatic carbocycles. The summed E-state index contributed by atoms with van der Waals surface area (Å²) in [4.78, 5) is 26.9. The molecule has 4 aliphatic rings. The number of hydrogen-bond acceptors (Lipinski definition) is 6. The molecule has 2 amide bonds. The molecule has 1 saturated carbocycles. The second-order valence-corrected chi connectivity index (χ2v) is 8.97. The largest absolute Gasteiger partial charge is 0.487 e. The molecule has 8 heteroatoms. The molecule has 5 rings (SSSR count). The number of nitrogens with one attached hydrogen (secondary N) is 1. The van der Waals surface area contributed by atoms with Gasteiger partial charge in [0.15, 0.2) is 0 Å². The van der Waals surface area contributed by atoms with Gasteiger partial charge in [-0.05, 0) is 37.5 Å². The van der Waals surface area contributed by atoms with Gasteiger partial charge in [0.25, 0.3) is 0 Å². The maximum atomic E-state index is 12.7. The molecular formula is C23H30N2O6. The van der Waals surface area contributed by atoms with Crippen molar-refractivity contribution >= 4 is 17.5 Å². The Bertz CT molecular complexity index is 835. The summed E-state index contributed by atoms with van der Waals surface area (Å²) in [5, 5.41) is 12.9. The second-order valence-electron chi connectivity index (χ2n) is 8.97. The van der Waals surface area contributed by atoms with E-state index < -0.39 is 6.10 Å². The molecule has 0 spiro atoms. The third kappa shape index (κ3) is 4.16. The number of carbonyl (C=O) groups is 2. The summed E-state index contributed by atoms with van der Waals surface area (Å²) in [6, 6.07) is 5.73. The average molecular weight is 431 g/mol. The lowest BCUT2D eigenvalue weighted by Crippen LogP contribution is -2.48. The molecule has 31 heavy (non-hydrogen) atoms. The van der Waals surface area contributed by atoms with Gasteiger partial charge in [0.2, 0.25) is 11.8 Å². The Labute approximate surface area is 181 Å². The molecule has 0 bridgehead atoms. The quantitative estimate of drug-likeness (QED) is 0.738. The lowest BCUT2D eigenvalue weighted by atomic mass is 9.83. The molecule has 2 saturated heterocycles.